The number of aliphatic carboxylic acids is 1. The van der Waals surface area contributed by atoms with Gasteiger partial charge in [0, 0.05) is 12.5 Å². The van der Waals surface area contributed by atoms with Gasteiger partial charge in [-0.25, -0.2) is 0 Å². The maximum atomic E-state index is 9.37. The Morgan fingerprint density at radius 1 is 0.774 bits per heavy atom. The standard InChI is InChI=1S/C25H45N.C3H6O2/c1-4-5-6-7-8-9-10-11-12-13-14-15-19-22-25(26(2)3)23-24-20-17-16-18-21-24;1-2-3(4)5/h16-18,20-21,25H,4-15,19,22-23H2,1-3H3;2H2,1H3,(H,4,5). The van der Waals surface area contributed by atoms with Crippen LogP contribution in [0, 0.1) is 0 Å². The molecule has 1 unspecified atom stereocenters. The number of nitrogens with zero attached hydrogens (tertiary/aromatic N) is 1. The van der Waals surface area contributed by atoms with Gasteiger partial charge in [-0.1, -0.05) is 128 Å². The van der Waals surface area contributed by atoms with Gasteiger partial charge in [0.1, 0.15) is 0 Å². The van der Waals surface area contributed by atoms with Gasteiger partial charge in [0.05, 0.1) is 0 Å². The molecule has 0 aromatic heterocycles. The van der Waals surface area contributed by atoms with Crippen molar-refractivity contribution < 1.29 is 9.90 Å². The zero-order valence-corrected chi connectivity index (χ0v) is 21.1. The largest absolute Gasteiger partial charge is 0.481 e. The van der Waals surface area contributed by atoms with Crippen LogP contribution in [0.4, 0.5) is 0 Å². The number of hydrogen-bond acceptors (Lipinski definition) is 2. The van der Waals surface area contributed by atoms with Gasteiger partial charge in [-0.2, -0.15) is 0 Å². The third-order valence-electron chi connectivity index (χ3n) is 5.99. The normalized spacial score (nSPS) is 11.8. The molecule has 31 heavy (non-hydrogen) atoms. The van der Waals surface area contributed by atoms with Crippen molar-refractivity contribution in [3.63, 3.8) is 0 Å². The minimum atomic E-state index is -0.745. The third kappa shape index (κ3) is 20.3. The van der Waals surface area contributed by atoms with Crippen LogP contribution in [0.5, 0.6) is 0 Å². The number of carbonyl (C=O) groups is 1. The fourth-order valence-corrected chi connectivity index (χ4v) is 3.83. The Labute approximate surface area is 193 Å². The molecule has 0 aliphatic rings. The van der Waals surface area contributed by atoms with E-state index in [-0.39, 0.29) is 6.42 Å². The molecule has 0 saturated carbocycles. The van der Waals surface area contributed by atoms with E-state index >= 15 is 0 Å². The van der Waals surface area contributed by atoms with Crippen molar-refractivity contribution >= 4 is 5.97 Å². The first-order valence-corrected chi connectivity index (χ1v) is 12.9. The van der Waals surface area contributed by atoms with E-state index in [2.05, 4.69) is 56.3 Å². The fraction of sp³-hybridized carbons (Fsp3) is 0.750. The Bertz CT molecular complexity index is 501. The fourth-order valence-electron chi connectivity index (χ4n) is 3.83. The lowest BCUT2D eigenvalue weighted by Crippen LogP contribution is -2.30. The van der Waals surface area contributed by atoms with Crippen molar-refractivity contribution in [2.24, 2.45) is 0 Å². The van der Waals surface area contributed by atoms with E-state index in [1.807, 2.05) is 0 Å². The number of carboxylic acids is 1. The van der Waals surface area contributed by atoms with Gasteiger partial charge in [-0.3, -0.25) is 4.79 Å². The molecule has 0 radical (unpaired) electrons. The maximum Gasteiger partial charge on any atom is 0.303 e. The highest BCUT2D eigenvalue weighted by Crippen LogP contribution is 2.16. The molecule has 1 aromatic carbocycles. The zero-order valence-electron chi connectivity index (χ0n) is 21.1. The minimum absolute atomic E-state index is 0.222. The minimum Gasteiger partial charge on any atom is -0.481 e. The zero-order chi connectivity index (χ0) is 23.2. The monoisotopic (exact) mass is 433 g/mol. The molecule has 3 nitrogen and oxygen atoms in total. The van der Waals surface area contributed by atoms with Crippen LogP contribution in [0.3, 0.4) is 0 Å². The maximum absolute atomic E-state index is 9.37. The van der Waals surface area contributed by atoms with Crippen molar-refractivity contribution in [1.29, 1.82) is 0 Å². The second kappa shape index (κ2) is 21.9. The van der Waals surface area contributed by atoms with Crippen LogP contribution in [-0.2, 0) is 11.2 Å². The molecule has 0 aliphatic heterocycles. The Kier molecular flexibility index (Phi) is 20.9. The van der Waals surface area contributed by atoms with E-state index < -0.39 is 5.97 Å². The van der Waals surface area contributed by atoms with E-state index in [1.54, 1.807) is 6.92 Å². The summed E-state index contributed by atoms with van der Waals surface area (Å²) in [4.78, 5) is 11.8. The summed E-state index contributed by atoms with van der Waals surface area (Å²) in [5, 5.41) is 7.72. The van der Waals surface area contributed by atoms with Crippen LogP contribution in [0.15, 0.2) is 30.3 Å². The topological polar surface area (TPSA) is 40.5 Å². The number of benzene rings is 1. The second-order valence-electron chi connectivity index (χ2n) is 9.09. The van der Waals surface area contributed by atoms with Crippen molar-refractivity contribution in [1.82, 2.24) is 4.90 Å². The van der Waals surface area contributed by atoms with Crippen LogP contribution >= 0.6 is 0 Å². The van der Waals surface area contributed by atoms with E-state index in [1.165, 1.54) is 102 Å². The highest BCUT2D eigenvalue weighted by atomic mass is 16.4. The summed E-state index contributed by atoms with van der Waals surface area (Å²) < 4.78 is 0. The molecule has 0 bridgehead atoms. The second-order valence-corrected chi connectivity index (χ2v) is 9.09. The number of hydrogen-bond donors (Lipinski definition) is 1. The molecular weight excluding hydrogens is 382 g/mol. The number of rotatable bonds is 18. The van der Waals surface area contributed by atoms with Gasteiger partial charge in [0.25, 0.3) is 0 Å². The van der Waals surface area contributed by atoms with E-state index in [9.17, 15) is 4.79 Å². The molecule has 3 heteroatoms. The van der Waals surface area contributed by atoms with Crippen LogP contribution in [0.1, 0.15) is 116 Å². The van der Waals surface area contributed by atoms with Gasteiger partial charge in [-0.15, -0.1) is 0 Å². The molecule has 1 rings (SSSR count). The van der Waals surface area contributed by atoms with Gasteiger partial charge >= 0.3 is 5.97 Å². The molecule has 180 valence electrons. The van der Waals surface area contributed by atoms with Crippen molar-refractivity contribution in [2.45, 2.75) is 123 Å². The molecule has 0 fully saturated rings. The number of carboxylic acid groups (broad SMARTS) is 1. The first kappa shape index (κ1) is 29.7. The van der Waals surface area contributed by atoms with E-state index in [0.29, 0.717) is 6.04 Å². The molecule has 0 aliphatic carbocycles. The smallest absolute Gasteiger partial charge is 0.303 e. The van der Waals surface area contributed by atoms with Crippen LogP contribution in [-0.4, -0.2) is 36.1 Å². The summed E-state index contributed by atoms with van der Waals surface area (Å²) in [6, 6.07) is 11.6. The van der Waals surface area contributed by atoms with Gasteiger partial charge < -0.3 is 10.0 Å². The summed E-state index contributed by atoms with van der Waals surface area (Å²) >= 11 is 0. The molecule has 0 amide bonds. The lowest BCUT2D eigenvalue weighted by atomic mass is 9.98. The average molecular weight is 434 g/mol. The predicted octanol–water partition coefficient (Wildman–Crippen LogP) is 8.12. The van der Waals surface area contributed by atoms with Crippen LogP contribution in [0.2, 0.25) is 0 Å². The Morgan fingerprint density at radius 2 is 1.19 bits per heavy atom. The lowest BCUT2D eigenvalue weighted by Gasteiger charge is -2.24. The van der Waals surface area contributed by atoms with Crippen molar-refractivity contribution in [3.8, 4) is 0 Å². The first-order valence-electron chi connectivity index (χ1n) is 12.9. The van der Waals surface area contributed by atoms with Crippen molar-refractivity contribution in [3.05, 3.63) is 35.9 Å². The summed E-state index contributed by atoms with van der Waals surface area (Å²) in [5.41, 5.74) is 1.47. The molecule has 1 atom stereocenters. The highest BCUT2D eigenvalue weighted by Gasteiger charge is 2.11. The van der Waals surface area contributed by atoms with Crippen LogP contribution in [0.25, 0.3) is 0 Å². The summed E-state index contributed by atoms with van der Waals surface area (Å²) in [5.74, 6) is -0.745. The molecule has 0 saturated heterocycles. The average Bonchev–Trinajstić information content (AvgIpc) is 2.77. The Balaban J connectivity index is 0.00000161. The quantitative estimate of drug-likeness (QED) is 0.238. The van der Waals surface area contributed by atoms with Gasteiger partial charge in [0.2, 0.25) is 0 Å². The SMILES string of the molecule is CCC(=O)O.CCCCCCCCCCCCCCCC(Cc1ccccc1)N(C)C. The molecule has 1 aromatic rings. The molecule has 1 N–H and O–H groups in total. The first-order chi connectivity index (χ1) is 15.0. The molecule has 0 spiro atoms. The number of unbranched alkanes of at least 4 members (excludes halogenated alkanes) is 12. The van der Waals surface area contributed by atoms with Gasteiger partial charge in [-0.05, 0) is 32.5 Å². The molecule has 0 heterocycles. The molecular formula is C28H51NO2. The highest BCUT2D eigenvalue weighted by molar-refractivity contribution is 5.66. The van der Waals surface area contributed by atoms with Gasteiger partial charge in [0.15, 0.2) is 0 Å². The number of likely N-dealkylation sites (N-methyl/N-ethyl adjacent to an activating group) is 1. The summed E-state index contributed by atoms with van der Waals surface area (Å²) in [6.07, 6.45) is 21.4. The third-order valence-corrected chi connectivity index (χ3v) is 5.99. The van der Waals surface area contributed by atoms with E-state index in [4.69, 9.17) is 5.11 Å². The van der Waals surface area contributed by atoms with Crippen molar-refractivity contribution in [2.75, 3.05) is 14.1 Å². The summed E-state index contributed by atoms with van der Waals surface area (Å²) in [7, 11) is 4.46. The van der Waals surface area contributed by atoms with Crippen LogP contribution < -0.4 is 0 Å². The predicted molar refractivity (Wildman–Crippen MR) is 136 cm³/mol. The Hall–Kier alpha value is -1.35. The Morgan fingerprint density at radius 3 is 1.58 bits per heavy atom. The van der Waals surface area contributed by atoms with E-state index in [0.717, 1.165) is 0 Å². The lowest BCUT2D eigenvalue weighted by molar-refractivity contribution is -0.136. The summed E-state index contributed by atoms with van der Waals surface area (Å²) in [6.45, 7) is 3.90.